The average molecular weight is 245 g/mol. The van der Waals surface area contributed by atoms with Gasteiger partial charge in [0.25, 0.3) is 5.56 Å². The predicted molar refractivity (Wildman–Crippen MR) is 68.4 cm³/mol. The number of hydrogen-bond donors (Lipinski definition) is 1. The molecule has 4 nitrogen and oxygen atoms in total. The van der Waals surface area contributed by atoms with Crippen LogP contribution in [-0.4, -0.2) is 22.4 Å². The van der Waals surface area contributed by atoms with Crippen LogP contribution in [0.3, 0.4) is 0 Å². The minimum atomic E-state index is -0.251. The van der Waals surface area contributed by atoms with E-state index >= 15 is 0 Å². The monoisotopic (exact) mass is 245 g/mol. The highest BCUT2D eigenvalue weighted by atomic mass is 16.5. The summed E-state index contributed by atoms with van der Waals surface area (Å²) in [5.74, 6) is 0. The van der Waals surface area contributed by atoms with Gasteiger partial charge in [-0.2, -0.15) is 0 Å². The van der Waals surface area contributed by atoms with Gasteiger partial charge in [-0.25, -0.2) is 0 Å². The van der Waals surface area contributed by atoms with Gasteiger partial charge in [0, 0.05) is 11.6 Å². The van der Waals surface area contributed by atoms with E-state index in [1.54, 1.807) is 10.8 Å². The third-order valence-corrected chi connectivity index (χ3v) is 3.44. The smallest absolute Gasteiger partial charge is 0.260 e. The van der Waals surface area contributed by atoms with Crippen LogP contribution in [0.1, 0.15) is 19.1 Å². The molecule has 0 unspecified atom stereocenters. The van der Waals surface area contributed by atoms with Crippen LogP contribution in [-0.2, 0) is 4.74 Å². The lowest BCUT2D eigenvalue weighted by molar-refractivity contribution is -0.0237. The van der Waals surface area contributed by atoms with Crippen LogP contribution in [0.25, 0.3) is 10.8 Å². The molecule has 1 N–H and O–H groups in total. The van der Waals surface area contributed by atoms with Gasteiger partial charge in [-0.3, -0.25) is 9.36 Å². The maximum atomic E-state index is 12.3. The van der Waals surface area contributed by atoms with Gasteiger partial charge in [0.1, 0.15) is 6.23 Å². The Kier molecular flexibility index (Phi) is 2.89. The molecule has 1 aromatic heterocycles. The van der Waals surface area contributed by atoms with Gasteiger partial charge < -0.3 is 9.84 Å². The third kappa shape index (κ3) is 1.83. The molecule has 0 amide bonds. The van der Waals surface area contributed by atoms with Crippen molar-refractivity contribution in [2.75, 3.05) is 6.61 Å². The quantitative estimate of drug-likeness (QED) is 0.875. The highest BCUT2D eigenvalue weighted by molar-refractivity contribution is 5.81. The Labute approximate surface area is 104 Å². The molecule has 2 atom stereocenters. The largest absolute Gasteiger partial charge is 0.394 e. The number of fused-ring (bicyclic) bond motifs is 1. The van der Waals surface area contributed by atoms with Crippen molar-refractivity contribution in [1.29, 1.82) is 0 Å². The van der Waals surface area contributed by atoms with Crippen LogP contribution in [0.4, 0.5) is 0 Å². The molecule has 1 saturated heterocycles. The lowest BCUT2D eigenvalue weighted by Crippen LogP contribution is -2.25. The number of ether oxygens (including phenoxy) is 1. The molecule has 0 radical (unpaired) electrons. The van der Waals surface area contributed by atoms with Crippen LogP contribution >= 0.6 is 0 Å². The van der Waals surface area contributed by atoms with E-state index in [2.05, 4.69) is 0 Å². The zero-order valence-corrected chi connectivity index (χ0v) is 9.95. The Morgan fingerprint density at radius 1 is 1.28 bits per heavy atom. The first-order chi connectivity index (χ1) is 8.79. The Morgan fingerprint density at radius 3 is 2.89 bits per heavy atom. The van der Waals surface area contributed by atoms with E-state index in [1.807, 2.05) is 30.3 Å². The fourth-order valence-electron chi connectivity index (χ4n) is 2.46. The number of aliphatic hydroxyl groups excluding tert-OH is 1. The first-order valence-corrected chi connectivity index (χ1v) is 6.16. The van der Waals surface area contributed by atoms with Crippen molar-refractivity contribution < 1.29 is 9.84 Å². The number of pyridine rings is 1. The number of benzene rings is 1. The molecule has 1 aromatic carbocycles. The summed E-state index contributed by atoms with van der Waals surface area (Å²) in [7, 11) is 0. The molecular weight excluding hydrogens is 230 g/mol. The van der Waals surface area contributed by atoms with Gasteiger partial charge >= 0.3 is 0 Å². The molecule has 3 rings (SSSR count). The van der Waals surface area contributed by atoms with Gasteiger partial charge in [0.15, 0.2) is 0 Å². The molecule has 94 valence electrons. The van der Waals surface area contributed by atoms with E-state index in [0.29, 0.717) is 5.39 Å². The number of nitrogens with zero attached hydrogens (tertiary/aromatic N) is 1. The molecule has 1 fully saturated rings. The first kappa shape index (κ1) is 11.4. The summed E-state index contributed by atoms with van der Waals surface area (Å²) >= 11 is 0. The molecule has 0 aliphatic carbocycles. The number of rotatable bonds is 2. The average Bonchev–Trinajstić information content (AvgIpc) is 2.88. The standard InChI is InChI=1S/C14H15NO3/c16-9-11-5-6-13(18-11)15-8-7-10-3-1-2-4-12(10)14(15)17/h1-4,7-8,11,13,16H,5-6,9H2/t11-,13+/m0/s1. The fourth-order valence-corrected chi connectivity index (χ4v) is 2.46. The Bertz CT molecular complexity index is 620. The normalized spacial score (nSPS) is 23.6. The Balaban J connectivity index is 2.03. The number of aromatic nitrogens is 1. The Morgan fingerprint density at radius 2 is 2.11 bits per heavy atom. The van der Waals surface area contributed by atoms with E-state index < -0.39 is 0 Å². The summed E-state index contributed by atoms with van der Waals surface area (Å²) in [5.41, 5.74) is -0.0308. The van der Waals surface area contributed by atoms with E-state index in [4.69, 9.17) is 9.84 Å². The maximum Gasteiger partial charge on any atom is 0.260 e. The molecule has 0 spiro atoms. The van der Waals surface area contributed by atoms with Gasteiger partial charge in [0.05, 0.1) is 12.7 Å². The van der Waals surface area contributed by atoms with Crippen molar-refractivity contribution in [2.24, 2.45) is 0 Å². The SMILES string of the molecule is O=c1c2ccccc2ccn1[C@H]1CC[C@@H](CO)O1. The predicted octanol–water partition coefficient (Wildman–Crippen LogP) is 1.67. The van der Waals surface area contributed by atoms with Crippen LogP contribution in [0.15, 0.2) is 41.3 Å². The molecule has 0 bridgehead atoms. The van der Waals surface area contributed by atoms with Gasteiger partial charge in [-0.05, 0) is 30.4 Å². The lowest BCUT2D eigenvalue weighted by Gasteiger charge is -2.15. The van der Waals surface area contributed by atoms with Crippen LogP contribution in [0, 0.1) is 0 Å². The van der Waals surface area contributed by atoms with Crippen molar-refractivity contribution in [3.63, 3.8) is 0 Å². The second-order valence-electron chi connectivity index (χ2n) is 4.59. The fraction of sp³-hybridized carbons (Fsp3) is 0.357. The van der Waals surface area contributed by atoms with E-state index in [0.717, 1.165) is 18.2 Å². The number of aliphatic hydroxyl groups is 1. The molecule has 18 heavy (non-hydrogen) atoms. The Hall–Kier alpha value is -1.65. The zero-order chi connectivity index (χ0) is 12.5. The van der Waals surface area contributed by atoms with Crippen LogP contribution in [0.2, 0.25) is 0 Å². The molecule has 4 heteroatoms. The van der Waals surface area contributed by atoms with E-state index in [9.17, 15) is 4.79 Å². The van der Waals surface area contributed by atoms with Crippen molar-refractivity contribution >= 4 is 10.8 Å². The molecule has 2 aromatic rings. The maximum absolute atomic E-state index is 12.3. The minimum absolute atomic E-state index is 0.0127. The van der Waals surface area contributed by atoms with Crippen molar-refractivity contribution in [2.45, 2.75) is 25.2 Å². The zero-order valence-electron chi connectivity index (χ0n) is 9.95. The minimum Gasteiger partial charge on any atom is -0.394 e. The highest BCUT2D eigenvalue weighted by Gasteiger charge is 2.26. The second-order valence-corrected chi connectivity index (χ2v) is 4.59. The second kappa shape index (κ2) is 4.55. The van der Waals surface area contributed by atoms with Crippen molar-refractivity contribution in [3.05, 3.63) is 46.9 Å². The third-order valence-electron chi connectivity index (χ3n) is 3.44. The summed E-state index contributed by atoms with van der Waals surface area (Å²) in [6, 6.07) is 9.45. The topological polar surface area (TPSA) is 51.5 Å². The van der Waals surface area contributed by atoms with E-state index in [-0.39, 0.29) is 24.5 Å². The molecule has 2 heterocycles. The van der Waals surface area contributed by atoms with Crippen molar-refractivity contribution in [1.82, 2.24) is 4.57 Å². The summed E-state index contributed by atoms with van der Waals surface area (Å²) in [6.07, 6.45) is 2.94. The molecular formula is C14H15NO3. The lowest BCUT2D eigenvalue weighted by atomic mass is 10.1. The highest BCUT2D eigenvalue weighted by Crippen LogP contribution is 2.27. The molecule has 0 saturated carbocycles. The summed E-state index contributed by atoms with van der Waals surface area (Å²) in [4.78, 5) is 12.3. The van der Waals surface area contributed by atoms with Crippen LogP contribution in [0.5, 0.6) is 0 Å². The van der Waals surface area contributed by atoms with Gasteiger partial charge in [-0.15, -0.1) is 0 Å². The summed E-state index contributed by atoms with van der Waals surface area (Å²) in [5, 5.41) is 10.7. The van der Waals surface area contributed by atoms with Crippen LogP contribution < -0.4 is 5.56 Å². The van der Waals surface area contributed by atoms with Crippen molar-refractivity contribution in [3.8, 4) is 0 Å². The van der Waals surface area contributed by atoms with Gasteiger partial charge in [0.2, 0.25) is 0 Å². The van der Waals surface area contributed by atoms with E-state index in [1.165, 1.54) is 0 Å². The summed E-state index contributed by atoms with van der Waals surface area (Å²) in [6.45, 7) is 0.0127. The molecule has 1 aliphatic heterocycles. The summed E-state index contributed by atoms with van der Waals surface area (Å²) < 4.78 is 7.26. The van der Waals surface area contributed by atoms with Gasteiger partial charge in [-0.1, -0.05) is 18.2 Å². The molecule has 1 aliphatic rings. The number of hydrogen-bond acceptors (Lipinski definition) is 3. The first-order valence-electron chi connectivity index (χ1n) is 6.16.